The SMILES string of the molecule is Cc1nc(C(C)n2nc(C)c(Cl)c2N)c(C)s1. The molecule has 0 saturated carbocycles. The maximum atomic E-state index is 6.05. The van der Waals surface area contributed by atoms with Gasteiger partial charge in [-0.25, -0.2) is 9.67 Å². The standard InChI is InChI=1S/C11H15ClN4S/c1-5-9(12)11(13)16(15-5)6(2)10-7(3)17-8(4)14-10/h6H,13H2,1-4H3. The van der Waals surface area contributed by atoms with Crippen molar-refractivity contribution in [1.82, 2.24) is 14.8 Å². The first-order valence-electron chi connectivity index (χ1n) is 5.35. The summed E-state index contributed by atoms with van der Waals surface area (Å²) in [4.78, 5) is 5.72. The summed E-state index contributed by atoms with van der Waals surface area (Å²) in [6.45, 7) is 7.94. The summed E-state index contributed by atoms with van der Waals surface area (Å²) in [5.41, 5.74) is 7.71. The molecule has 0 aromatic carbocycles. The number of halogens is 1. The predicted molar refractivity (Wildman–Crippen MR) is 71.8 cm³/mol. The molecule has 6 heteroatoms. The van der Waals surface area contributed by atoms with Crippen LogP contribution < -0.4 is 5.73 Å². The molecule has 2 rings (SSSR count). The molecule has 0 aliphatic heterocycles. The minimum absolute atomic E-state index is 0.00569. The van der Waals surface area contributed by atoms with Gasteiger partial charge in [0, 0.05) is 4.88 Å². The van der Waals surface area contributed by atoms with Crippen LogP contribution in [0.3, 0.4) is 0 Å². The Morgan fingerprint density at radius 1 is 1.35 bits per heavy atom. The zero-order valence-corrected chi connectivity index (χ0v) is 11.9. The zero-order chi connectivity index (χ0) is 12.7. The Labute approximate surface area is 109 Å². The second kappa shape index (κ2) is 4.31. The van der Waals surface area contributed by atoms with Crippen LogP contribution in [0.25, 0.3) is 0 Å². The Morgan fingerprint density at radius 2 is 2.00 bits per heavy atom. The molecule has 0 bridgehead atoms. The van der Waals surface area contributed by atoms with Gasteiger partial charge in [0.05, 0.1) is 22.4 Å². The molecule has 0 radical (unpaired) electrons. The summed E-state index contributed by atoms with van der Waals surface area (Å²) in [6.07, 6.45) is 0. The van der Waals surface area contributed by atoms with E-state index in [2.05, 4.69) is 17.0 Å². The summed E-state index contributed by atoms with van der Waals surface area (Å²) in [5, 5.41) is 5.94. The number of nitrogens with two attached hydrogens (primary N) is 1. The van der Waals surface area contributed by atoms with Gasteiger partial charge in [-0.05, 0) is 27.7 Å². The van der Waals surface area contributed by atoms with Gasteiger partial charge in [-0.1, -0.05) is 11.6 Å². The Bertz CT molecular complexity index is 558. The van der Waals surface area contributed by atoms with Crippen molar-refractivity contribution in [3.05, 3.63) is 26.3 Å². The van der Waals surface area contributed by atoms with Crippen molar-refractivity contribution in [3.63, 3.8) is 0 Å². The lowest BCUT2D eigenvalue weighted by atomic mass is 10.2. The Kier molecular flexibility index (Phi) is 3.14. The molecule has 2 aromatic heterocycles. The molecule has 4 nitrogen and oxygen atoms in total. The number of hydrogen-bond acceptors (Lipinski definition) is 4. The van der Waals surface area contributed by atoms with E-state index in [1.807, 2.05) is 20.8 Å². The van der Waals surface area contributed by atoms with Crippen LogP contribution in [0.5, 0.6) is 0 Å². The molecule has 1 unspecified atom stereocenters. The van der Waals surface area contributed by atoms with Crippen molar-refractivity contribution in [2.24, 2.45) is 0 Å². The molecule has 1 atom stereocenters. The minimum Gasteiger partial charge on any atom is -0.383 e. The quantitative estimate of drug-likeness (QED) is 0.912. The van der Waals surface area contributed by atoms with Gasteiger partial charge in [0.1, 0.15) is 10.8 Å². The van der Waals surface area contributed by atoms with Crippen LogP contribution in [0.4, 0.5) is 5.82 Å². The van der Waals surface area contributed by atoms with Crippen molar-refractivity contribution in [1.29, 1.82) is 0 Å². The number of aryl methyl sites for hydroxylation is 3. The third-order valence-electron chi connectivity index (χ3n) is 2.75. The van der Waals surface area contributed by atoms with Gasteiger partial charge in [0.2, 0.25) is 0 Å². The highest BCUT2D eigenvalue weighted by molar-refractivity contribution is 7.11. The third-order valence-corrected chi connectivity index (χ3v) is 4.12. The molecule has 0 saturated heterocycles. The normalized spacial score (nSPS) is 13.0. The third kappa shape index (κ3) is 2.05. The highest BCUT2D eigenvalue weighted by atomic mass is 35.5. The monoisotopic (exact) mass is 270 g/mol. The fraction of sp³-hybridized carbons (Fsp3) is 0.455. The summed E-state index contributed by atoms with van der Waals surface area (Å²) >= 11 is 7.73. The van der Waals surface area contributed by atoms with Crippen LogP contribution in [0.15, 0.2) is 0 Å². The van der Waals surface area contributed by atoms with E-state index in [4.69, 9.17) is 17.3 Å². The molecule has 17 heavy (non-hydrogen) atoms. The van der Waals surface area contributed by atoms with Gasteiger partial charge in [0.25, 0.3) is 0 Å². The van der Waals surface area contributed by atoms with Crippen molar-refractivity contribution in [2.75, 3.05) is 5.73 Å². The lowest BCUT2D eigenvalue weighted by Gasteiger charge is -2.12. The summed E-state index contributed by atoms with van der Waals surface area (Å²) < 4.78 is 1.74. The van der Waals surface area contributed by atoms with Crippen molar-refractivity contribution in [3.8, 4) is 0 Å². The van der Waals surface area contributed by atoms with Crippen LogP contribution >= 0.6 is 22.9 Å². The molecule has 0 fully saturated rings. The summed E-state index contributed by atoms with van der Waals surface area (Å²) in [7, 11) is 0. The average Bonchev–Trinajstić information content (AvgIpc) is 2.72. The van der Waals surface area contributed by atoms with Gasteiger partial charge in [-0.15, -0.1) is 11.3 Å². The van der Waals surface area contributed by atoms with Crippen molar-refractivity contribution < 1.29 is 0 Å². The number of thiazole rings is 1. The van der Waals surface area contributed by atoms with Crippen LogP contribution in [0.2, 0.25) is 5.02 Å². The van der Waals surface area contributed by atoms with E-state index < -0.39 is 0 Å². The average molecular weight is 271 g/mol. The van der Waals surface area contributed by atoms with E-state index in [0.717, 1.165) is 16.4 Å². The molecule has 2 heterocycles. The number of rotatable bonds is 2. The fourth-order valence-corrected chi connectivity index (χ4v) is 2.92. The molecular weight excluding hydrogens is 256 g/mol. The second-order valence-electron chi connectivity index (χ2n) is 4.08. The summed E-state index contributed by atoms with van der Waals surface area (Å²) in [6, 6.07) is 0.00569. The van der Waals surface area contributed by atoms with Gasteiger partial charge >= 0.3 is 0 Å². The van der Waals surface area contributed by atoms with Crippen molar-refractivity contribution in [2.45, 2.75) is 33.7 Å². The number of nitrogens with zero attached hydrogens (tertiary/aromatic N) is 3. The highest BCUT2D eigenvalue weighted by Crippen LogP contribution is 2.30. The van der Waals surface area contributed by atoms with E-state index in [1.54, 1.807) is 16.0 Å². The predicted octanol–water partition coefficient (Wildman–Crippen LogP) is 3.11. The lowest BCUT2D eigenvalue weighted by molar-refractivity contribution is 0.555. The van der Waals surface area contributed by atoms with Crippen LogP contribution in [-0.4, -0.2) is 14.8 Å². The van der Waals surface area contributed by atoms with Crippen molar-refractivity contribution >= 4 is 28.8 Å². The highest BCUT2D eigenvalue weighted by Gasteiger charge is 2.20. The Hall–Kier alpha value is -1.07. The van der Waals surface area contributed by atoms with Gasteiger partial charge in [-0.3, -0.25) is 0 Å². The first-order chi connectivity index (χ1) is 7.91. The van der Waals surface area contributed by atoms with E-state index in [0.29, 0.717) is 10.8 Å². The number of nitrogen functional groups attached to an aromatic ring is 1. The molecule has 0 aliphatic rings. The maximum Gasteiger partial charge on any atom is 0.141 e. The van der Waals surface area contributed by atoms with Crippen LogP contribution in [-0.2, 0) is 0 Å². The fourth-order valence-electron chi connectivity index (χ4n) is 1.89. The topological polar surface area (TPSA) is 56.7 Å². The molecular formula is C11H15ClN4S. The summed E-state index contributed by atoms with van der Waals surface area (Å²) in [5.74, 6) is 0.502. The molecule has 2 N–H and O–H groups in total. The number of anilines is 1. The minimum atomic E-state index is 0.00569. The van der Waals surface area contributed by atoms with Gasteiger partial charge < -0.3 is 5.73 Å². The molecule has 0 spiro atoms. The van der Waals surface area contributed by atoms with Gasteiger partial charge in [-0.2, -0.15) is 5.10 Å². The largest absolute Gasteiger partial charge is 0.383 e. The van der Waals surface area contributed by atoms with E-state index >= 15 is 0 Å². The molecule has 92 valence electrons. The van der Waals surface area contributed by atoms with E-state index in [9.17, 15) is 0 Å². The molecule has 2 aromatic rings. The maximum absolute atomic E-state index is 6.05. The molecule has 0 amide bonds. The van der Waals surface area contributed by atoms with E-state index in [1.165, 1.54) is 4.88 Å². The smallest absolute Gasteiger partial charge is 0.141 e. The first kappa shape index (κ1) is 12.4. The van der Waals surface area contributed by atoms with Crippen LogP contribution in [0, 0.1) is 20.8 Å². The Balaban J connectivity index is 2.47. The lowest BCUT2D eigenvalue weighted by Crippen LogP contribution is -2.13. The number of aromatic nitrogens is 3. The number of hydrogen-bond donors (Lipinski definition) is 1. The van der Waals surface area contributed by atoms with Crippen LogP contribution in [0.1, 0.15) is 34.2 Å². The first-order valence-corrected chi connectivity index (χ1v) is 6.55. The second-order valence-corrected chi connectivity index (χ2v) is 5.86. The van der Waals surface area contributed by atoms with Gasteiger partial charge in [0.15, 0.2) is 0 Å². The van der Waals surface area contributed by atoms with E-state index in [-0.39, 0.29) is 6.04 Å². The zero-order valence-electron chi connectivity index (χ0n) is 10.3. The Morgan fingerprint density at radius 3 is 2.41 bits per heavy atom. The molecule has 0 aliphatic carbocycles.